The molecule has 0 aliphatic carbocycles. The van der Waals surface area contributed by atoms with Gasteiger partial charge in [0.15, 0.2) is 33.1 Å². The zero-order chi connectivity index (χ0) is 24.9. The lowest BCUT2D eigenvalue weighted by atomic mass is 9.96. The number of fused-ring (bicyclic) bond motifs is 1. The second kappa shape index (κ2) is 8.76. The van der Waals surface area contributed by atoms with Crippen molar-refractivity contribution in [2.24, 2.45) is 0 Å². The zero-order valence-corrected chi connectivity index (χ0v) is 19.5. The minimum Gasteiger partial charge on any atom is -0.342 e. The van der Waals surface area contributed by atoms with Gasteiger partial charge in [0.1, 0.15) is 5.82 Å². The van der Waals surface area contributed by atoms with Gasteiger partial charge in [-0.15, -0.1) is 0 Å². The number of hydrogen-bond donors (Lipinski definition) is 1. The molecule has 4 aromatic rings. The molecule has 0 saturated carbocycles. The maximum absolute atomic E-state index is 15.2. The third-order valence-electron chi connectivity index (χ3n) is 6.21. The number of rotatable bonds is 4. The number of benzene rings is 3. The SMILES string of the molecule is Cc1nc2ccc(-c3c(F)c(F)c(-c4cccc(CN5CCS(=O)(=O)CC5)c4)c(F)c3F)cc2[nH]1. The van der Waals surface area contributed by atoms with Crippen LogP contribution >= 0.6 is 0 Å². The predicted octanol–water partition coefficient (Wildman–Crippen LogP) is 4.99. The second-order valence-corrected chi connectivity index (χ2v) is 11.0. The number of hydrogen-bond acceptors (Lipinski definition) is 4. The third kappa shape index (κ3) is 4.43. The van der Waals surface area contributed by atoms with Crippen LogP contribution in [0.2, 0.25) is 0 Å². The van der Waals surface area contributed by atoms with Crippen LogP contribution in [0.4, 0.5) is 17.6 Å². The highest BCUT2D eigenvalue weighted by atomic mass is 32.2. The highest BCUT2D eigenvalue weighted by Crippen LogP contribution is 2.37. The van der Waals surface area contributed by atoms with Crippen LogP contribution in [0.25, 0.3) is 33.3 Å². The predicted molar refractivity (Wildman–Crippen MR) is 125 cm³/mol. The number of halogens is 4. The summed E-state index contributed by atoms with van der Waals surface area (Å²) in [5.41, 5.74) is 0.0921. The maximum atomic E-state index is 15.2. The molecule has 1 aliphatic heterocycles. The summed E-state index contributed by atoms with van der Waals surface area (Å²) in [6.45, 7) is 2.75. The van der Waals surface area contributed by atoms with E-state index in [0.29, 0.717) is 42.1 Å². The lowest BCUT2D eigenvalue weighted by Crippen LogP contribution is -2.39. The van der Waals surface area contributed by atoms with Crippen LogP contribution in [0.5, 0.6) is 0 Å². The van der Waals surface area contributed by atoms with E-state index in [9.17, 15) is 8.42 Å². The molecule has 1 fully saturated rings. The minimum atomic E-state index is -3.05. The summed E-state index contributed by atoms with van der Waals surface area (Å²) in [5.74, 6) is -5.27. The fourth-order valence-corrected chi connectivity index (χ4v) is 5.70. The Hall–Kier alpha value is -3.24. The van der Waals surface area contributed by atoms with Gasteiger partial charge in [0.05, 0.1) is 33.7 Å². The first-order valence-corrected chi connectivity index (χ1v) is 12.8. The van der Waals surface area contributed by atoms with Crippen molar-refractivity contribution in [1.82, 2.24) is 14.9 Å². The smallest absolute Gasteiger partial charge is 0.170 e. The molecule has 0 radical (unpaired) electrons. The number of aromatic nitrogens is 2. The Kier molecular flexibility index (Phi) is 5.88. The van der Waals surface area contributed by atoms with Gasteiger partial charge in [-0.1, -0.05) is 24.3 Å². The number of aryl methyl sites for hydroxylation is 1. The van der Waals surface area contributed by atoms with Crippen LogP contribution in [0, 0.1) is 30.2 Å². The van der Waals surface area contributed by atoms with Gasteiger partial charge in [-0.25, -0.2) is 31.0 Å². The van der Waals surface area contributed by atoms with E-state index in [1.165, 1.54) is 30.3 Å². The number of nitrogens with one attached hydrogen (secondary N) is 1. The second-order valence-electron chi connectivity index (χ2n) is 8.69. The van der Waals surface area contributed by atoms with Crippen LogP contribution < -0.4 is 0 Å². The molecule has 0 unspecified atom stereocenters. The molecule has 1 N–H and O–H groups in total. The number of imidazole rings is 1. The first-order valence-electron chi connectivity index (χ1n) is 11.0. The Labute approximate surface area is 199 Å². The summed E-state index contributed by atoms with van der Waals surface area (Å²) in [4.78, 5) is 9.06. The van der Waals surface area contributed by atoms with Crippen LogP contribution in [0.1, 0.15) is 11.4 Å². The van der Waals surface area contributed by atoms with Crippen LogP contribution in [0.3, 0.4) is 0 Å². The zero-order valence-electron chi connectivity index (χ0n) is 18.7. The first kappa shape index (κ1) is 23.5. The molecule has 3 aromatic carbocycles. The van der Waals surface area contributed by atoms with Crippen molar-refractivity contribution in [3.8, 4) is 22.3 Å². The Morgan fingerprint density at radius 1 is 0.886 bits per heavy atom. The molecule has 0 bridgehead atoms. The summed E-state index contributed by atoms with van der Waals surface area (Å²) in [6.07, 6.45) is 0. The van der Waals surface area contributed by atoms with Gasteiger partial charge in [0, 0.05) is 19.6 Å². The van der Waals surface area contributed by atoms with Crippen LogP contribution in [-0.2, 0) is 16.4 Å². The van der Waals surface area contributed by atoms with E-state index < -0.39 is 44.2 Å². The monoisotopic (exact) mass is 503 g/mol. The molecule has 1 aromatic heterocycles. The molecular formula is C25H21F4N3O2S. The van der Waals surface area contributed by atoms with Crippen molar-refractivity contribution in [3.05, 3.63) is 77.1 Å². The summed E-state index contributed by atoms with van der Waals surface area (Å²) >= 11 is 0. The average Bonchev–Trinajstić information content (AvgIpc) is 3.19. The Balaban J connectivity index is 1.52. The minimum absolute atomic E-state index is 0.00822. The lowest BCUT2D eigenvalue weighted by molar-refractivity contribution is 0.287. The highest BCUT2D eigenvalue weighted by Gasteiger charge is 2.28. The van der Waals surface area contributed by atoms with E-state index in [1.807, 2.05) is 4.90 Å². The van der Waals surface area contributed by atoms with Gasteiger partial charge in [-0.05, 0) is 41.8 Å². The van der Waals surface area contributed by atoms with Gasteiger partial charge < -0.3 is 4.98 Å². The molecule has 5 rings (SSSR count). The summed E-state index contributed by atoms with van der Waals surface area (Å²) in [7, 11) is -3.05. The van der Waals surface area contributed by atoms with E-state index in [0.717, 1.165) is 0 Å². The van der Waals surface area contributed by atoms with Crippen molar-refractivity contribution in [3.63, 3.8) is 0 Å². The van der Waals surface area contributed by atoms with Crippen LogP contribution in [0.15, 0.2) is 42.5 Å². The molecule has 35 heavy (non-hydrogen) atoms. The van der Waals surface area contributed by atoms with E-state index in [-0.39, 0.29) is 22.6 Å². The van der Waals surface area contributed by atoms with E-state index in [4.69, 9.17) is 0 Å². The topological polar surface area (TPSA) is 66.1 Å². The van der Waals surface area contributed by atoms with Crippen molar-refractivity contribution in [2.75, 3.05) is 24.6 Å². The number of nitrogens with zero attached hydrogens (tertiary/aromatic N) is 2. The van der Waals surface area contributed by atoms with Gasteiger partial charge in [-0.3, -0.25) is 4.90 Å². The van der Waals surface area contributed by atoms with Crippen molar-refractivity contribution in [1.29, 1.82) is 0 Å². The Morgan fingerprint density at radius 3 is 2.11 bits per heavy atom. The molecule has 2 heterocycles. The van der Waals surface area contributed by atoms with Gasteiger partial charge in [0.25, 0.3) is 0 Å². The molecule has 1 saturated heterocycles. The molecular weight excluding hydrogens is 482 g/mol. The summed E-state index contributed by atoms with van der Waals surface area (Å²) < 4.78 is 84.0. The molecule has 5 nitrogen and oxygen atoms in total. The number of aromatic amines is 1. The fourth-order valence-electron chi connectivity index (χ4n) is 4.42. The molecule has 10 heteroatoms. The lowest BCUT2D eigenvalue weighted by Gasteiger charge is -2.26. The summed E-state index contributed by atoms with van der Waals surface area (Å²) in [5, 5.41) is 0. The van der Waals surface area contributed by atoms with Crippen molar-refractivity contribution < 1.29 is 26.0 Å². The molecule has 0 atom stereocenters. The first-order chi connectivity index (χ1) is 16.6. The third-order valence-corrected chi connectivity index (χ3v) is 7.82. The van der Waals surface area contributed by atoms with Gasteiger partial charge >= 0.3 is 0 Å². The number of H-pyrrole nitrogens is 1. The fraction of sp³-hybridized carbons (Fsp3) is 0.240. The van der Waals surface area contributed by atoms with E-state index in [2.05, 4.69) is 9.97 Å². The molecule has 0 spiro atoms. The molecule has 182 valence electrons. The average molecular weight is 504 g/mol. The van der Waals surface area contributed by atoms with E-state index >= 15 is 17.6 Å². The van der Waals surface area contributed by atoms with Gasteiger partial charge in [-0.2, -0.15) is 0 Å². The Morgan fingerprint density at radius 2 is 1.49 bits per heavy atom. The van der Waals surface area contributed by atoms with E-state index in [1.54, 1.807) is 19.1 Å². The normalized spacial score (nSPS) is 16.1. The Bertz CT molecular complexity index is 1520. The van der Waals surface area contributed by atoms with Gasteiger partial charge in [0.2, 0.25) is 0 Å². The quantitative estimate of drug-likeness (QED) is 0.315. The number of sulfone groups is 1. The van der Waals surface area contributed by atoms with Crippen LogP contribution in [-0.4, -0.2) is 47.9 Å². The molecule has 1 aliphatic rings. The molecule has 0 amide bonds. The highest BCUT2D eigenvalue weighted by molar-refractivity contribution is 7.91. The van der Waals surface area contributed by atoms with Crippen molar-refractivity contribution in [2.45, 2.75) is 13.5 Å². The largest absolute Gasteiger partial charge is 0.342 e. The maximum Gasteiger partial charge on any atom is 0.170 e. The summed E-state index contributed by atoms with van der Waals surface area (Å²) in [6, 6.07) is 10.4. The standard InChI is InChI=1S/C25H21F4N3O2S/c1-14-30-18-6-5-17(12-19(18)31-14)21-24(28)22(26)20(23(27)25(21)29)16-4-2-3-15(11-16)13-32-7-9-35(33,34)10-8-32/h2-6,11-12H,7-10,13H2,1H3,(H,30,31). The van der Waals surface area contributed by atoms with Crippen molar-refractivity contribution >= 4 is 20.9 Å².